The van der Waals surface area contributed by atoms with E-state index in [1.807, 2.05) is 0 Å². The van der Waals surface area contributed by atoms with E-state index in [9.17, 15) is 0 Å². The topological polar surface area (TPSA) is 9.72 Å². The van der Waals surface area contributed by atoms with Crippen molar-refractivity contribution in [3.8, 4) is 0 Å². The Morgan fingerprint density at radius 3 is 1.65 bits per heavy atom. The Balaban J connectivity index is 2.70. The molecule has 0 aromatic rings. The fraction of sp³-hybridized carbons (Fsp3) is 1.00. The minimum absolute atomic E-state index is 0.733. The molecule has 0 aromatic carbocycles. The Morgan fingerprint density at radius 1 is 1.00 bits per heavy atom. The molecule has 101 valence electrons. The molecule has 17 heavy (non-hydrogen) atoms. The van der Waals surface area contributed by atoms with Crippen molar-refractivity contribution in [1.82, 2.24) is 9.36 Å². The van der Waals surface area contributed by atoms with Gasteiger partial charge in [0.25, 0.3) is 0 Å². The first-order valence-electron chi connectivity index (χ1n) is 6.96. The van der Waals surface area contributed by atoms with Crippen LogP contribution in [0.4, 0.5) is 0 Å². The molecule has 1 rings (SSSR count). The Bertz CT molecular complexity index is 213. The monoisotopic (exact) mass is 348 g/mol. The molecule has 0 amide bonds. The van der Waals surface area contributed by atoms with E-state index in [2.05, 4.69) is 58.1 Å². The molecule has 0 spiro atoms. The van der Waals surface area contributed by atoms with Crippen LogP contribution in [0.2, 0.25) is 0 Å². The molecule has 3 nitrogen and oxygen atoms in total. The first-order chi connectivity index (χ1) is 7.88. The summed E-state index contributed by atoms with van der Waals surface area (Å²) in [5.74, 6) is 1.58. The molecule has 0 atom stereocenters. The third-order valence-corrected chi connectivity index (χ3v) is 11.1. The van der Waals surface area contributed by atoms with Crippen molar-refractivity contribution >= 4 is 20.6 Å². The Morgan fingerprint density at radius 2 is 1.41 bits per heavy atom. The van der Waals surface area contributed by atoms with Crippen molar-refractivity contribution in [2.45, 2.75) is 47.2 Å². The average Bonchev–Trinajstić information content (AvgIpc) is 2.14. The number of hydrogen-bond acceptors (Lipinski definition) is 3. The maximum absolute atomic E-state index is 2.84. The standard InChI is InChI=1S/C11H24N2.C2H6N.Sn/c1-6-11(12-7-9(2)3)13-8-10(4)5;1-3-2;/h9-11H,6-8H2,1-5H3;1-2H3;/q-2;-1;+3. The third kappa shape index (κ3) is 3.82. The van der Waals surface area contributed by atoms with Gasteiger partial charge in [0.1, 0.15) is 0 Å². The molecule has 1 aliphatic rings. The molecule has 1 heterocycles. The number of rotatable bonds is 6. The molecule has 1 radical (unpaired) electrons. The fourth-order valence-corrected chi connectivity index (χ4v) is 12.5. The van der Waals surface area contributed by atoms with Gasteiger partial charge in [0.15, 0.2) is 0 Å². The van der Waals surface area contributed by atoms with Crippen LogP contribution in [-0.4, -0.2) is 63.3 Å². The van der Waals surface area contributed by atoms with Gasteiger partial charge in [-0.05, 0) is 0 Å². The summed E-state index contributed by atoms with van der Waals surface area (Å²) in [6.07, 6.45) is 2.01. The predicted octanol–water partition coefficient (Wildman–Crippen LogP) is 2.20. The van der Waals surface area contributed by atoms with Crippen molar-refractivity contribution in [2.75, 3.05) is 27.2 Å². The molecule has 1 saturated heterocycles. The molecule has 1 aliphatic heterocycles. The van der Waals surface area contributed by atoms with Gasteiger partial charge in [-0.1, -0.05) is 0 Å². The van der Waals surface area contributed by atoms with E-state index in [0.29, 0.717) is 0 Å². The normalized spacial score (nSPS) is 20.8. The first-order valence-corrected chi connectivity index (χ1v) is 10.8. The summed E-state index contributed by atoms with van der Waals surface area (Å²) in [4.78, 5) is 0. The van der Waals surface area contributed by atoms with Gasteiger partial charge >= 0.3 is 116 Å². The van der Waals surface area contributed by atoms with Gasteiger partial charge in [-0.3, -0.25) is 0 Å². The van der Waals surface area contributed by atoms with Crippen LogP contribution in [0.5, 0.6) is 0 Å². The summed E-state index contributed by atoms with van der Waals surface area (Å²) in [6, 6.07) is 0. The molecular weight excluding hydrogens is 317 g/mol. The van der Waals surface area contributed by atoms with E-state index in [1.165, 1.54) is 19.5 Å². The van der Waals surface area contributed by atoms with E-state index >= 15 is 0 Å². The Labute approximate surface area is 116 Å². The molecule has 4 heteroatoms. The van der Waals surface area contributed by atoms with Gasteiger partial charge in [0.2, 0.25) is 0 Å². The predicted molar refractivity (Wildman–Crippen MR) is 76.6 cm³/mol. The van der Waals surface area contributed by atoms with Crippen LogP contribution >= 0.6 is 0 Å². The van der Waals surface area contributed by atoms with Gasteiger partial charge in [-0.15, -0.1) is 0 Å². The second-order valence-electron chi connectivity index (χ2n) is 6.18. The van der Waals surface area contributed by atoms with Gasteiger partial charge < -0.3 is 0 Å². The summed E-state index contributed by atoms with van der Waals surface area (Å²) >= 11 is -1.61. The van der Waals surface area contributed by atoms with Crippen LogP contribution in [0.15, 0.2) is 0 Å². The second-order valence-corrected chi connectivity index (χ2v) is 13.7. The first kappa shape index (κ1) is 15.7. The van der Waals surface area contributed by atoms with Crippen LogP contribution in [0.1, 0.15) is 41.0 Å². The van der Waals surface area contributed by atoms with Crippen molar-refractivity contribution in [3.63, 3.8) is 0 Å². The summed E-state index contributed by atoms with van der Waals surface area (Å²) in [7, 11) is 4.56. The zero-order chi connectivity index (χ0) is 13.2. The van der Waals surface area contributed by atoms with Gasteiger partial charge in [-0.2, -0.15) is 0 Å². The van der Waals surface area contributed by atoms with Crippen LogP contribution < -0.4 is 0 Å². The maximum atomic E-state index is 2.84. The molecule has 0 bridgehead atoms. The SMILES string of the molecule is CCC1[N](CC(C)C)[Sn]([N](C)C)[N]1CC(C)C. The van der Waals surface area contributed by atoms with Crippen molar-refractivity contribution in [3.05, 3.63) is 0 Å². The van der Waals surface area contributed by atoms with Gasteiger partial charge in [0.05, 0.1) is 0 Å². The van der Waals surface area contributed by atoms with Gasteiger partial charge in [-0.25, -0.2) is 0 Å². The zero-order valence-electron chi connectivity index (χ0n) is 12.7. The van der Waals surface area contributed by atoms with Crippen molar-refractivity contribution < 1.29 is 0 Å². The fourth-order valence-electron chi connectivity index (χ4n) is 2.69. The third-order valence-electron chi connectivity index (χ3n) is 3.12. The van der Waals surface area contributed by atoms with Crippen LogP contribution in [-0.2, 0) is 0 Å². The molecule has 0 aliphatic carbocycles. The Hall–Kier alpha value is 0.679. The van der Waals surface area contributed by atoms with Crippen molar-refractivity contribution in [2.24, 2.45) is 11.8 Å². The molecular formula is C13H30N3Sn. The number of hydrogen-bond donors (Lipinski definition) is 0. The van der Waals surface area contributed by atoms with Crippen LogP contribution in [0.25, 0.3) is 0 Å². The van der Waals surface area contributed by atoms with Crippen LogP contribution in [0.3, 0.4) is 0 Å². The van der Waals surface area contributed by atoms with Crippen LogP contribution in [0, 0.1) is 11.8 Å². The van der Waals surface area contributed by atoms with E-state index in [-0.39, 0.29) is 0 Å². The summed E-state index contributed by atoms with van der Waals surface area (Å²) in [5, 5.41) is 0. The van der Waals surface area contributed by atoms with Crippen molar-refractivity contribution in [1.29, 1.82) is 0 Å². The molecule has 1 fully saturated rings. The van der Waals surface area contributed by atoms with E-state index in [0.717, 1.165) is 18.0 Å². The zero-order valence-corrected chi connectivity index (χ0v) is 15.5. The van der Waals surface area contributed by atoms with Gasteiger partial charge in [0, 0.05) is 0 Å². The number of nitrogens with zero attached hydrogens (tertiary/aromatic N) is 3. The Kier molecular flexibility index (Phi) is 6.23. The second kappa shape index (κ2) is 6.73. The van der Waals surface area contributed by atoms with E-state index in [1.54, 1.807) is 0 Å². The minimum atomic E-state index is -1.61. The summed E-state index contributed by atoms with van der Waals surface area (Å²) < 4.78 is 8.23. The average molecular weight is 347 g/mol. The summed E-state index contributed by atoms with van der Waals surface area (Å²) in [5.41, 5.74) is 0. The molecule has 0 unspecified atom stereocenters. The summed E-state index contributed by atoms with van der Waals surface area (Å²) in [6.45, 7) is 14.3. The quantitative estimate of drug-likeness (QED) is 0.683. The molecule has 0 saturated carbocycles. The molecule has 0 aromatic heterocycles. The molecule has 0 N–H and O–H groups in total. The van der Waals surface area contributed by atoms with E-state index in [4.69, 9.17) is 0 Å². The van der Waals surface area contributed by atoms with E-state index < -0.39 is 20.6 Å².